The fourth-order valence-corrected chi connectivity index (χ4v) is 4.31. The van der Waals surface area contributed by atoms with E-state index in [1.807, 2.05) is 4.90 Å². The van der Waals surface area contributed by atoms with Crippen molar-refractivity contribution in [3.63, 3.8) is 0 Å². The minimum absolute atomic E-state index is 0.196. The number of nitrogen functional groups attached to an aromatic ring is 1. The second-order valence-electron chi connectivity index (χ2n) is 7.21. The molecule has 0 aliphatic carbocycles. The lowest BCUT2D eigenvalue weighted by atomic mass is 10.2. The van der Waals surface area contributed by atoms with E-state index in [0.29, 0.717) is 29.5 Å². The first-order valence-electron chi connectivity index (χ1n) is 9.64. The number of piperazine rings is 1. The number of aromatic nitrogens is 1. The minimum atomic E-state index is -0.547. The molecule has 1 aromatic heterocycles. The molecule has 9 nitrogen and oxygen atoms in total. The van der Waals surface area contributed by atoms with Crippen LogP contribution < -0.4 is 25.8 Å². The Labute approximate surface area is 177 Å². The van der Waals surface area contributed by atoms with E-state index in [2.05, 4.69) is 15.2 Å². The van der Waals surface area contributed by atoms with Crippen LogP contribution in [0.5, 0.6) is 0 Å². The Bertz CT molecular complexity index is 946. The van der Waals surface area contributed by atoms with Crippen molar-refractivity contribution in [3.8, 4) is 0 Å². The Morgan fingerprint density at radius 1 is 1.33 bits per heavy atom. The Kier molecular flexibility index (Phi) is 5.62. The van der Waals surface area contributed by atoms with Gasteiger partial charge in [0.15, 0.2) is 5.13 Å². The van der Waals surface area contributed by atoms with Gasteiger partial charge in [-0.15, -0.1) is 0 Å². The van der Waals surface area contributed by atoms with Gasteiger partial charge in [0.05, 0.1) is 30.7 Å². The highest BCUT2D eigenvalue weighted by atomic mass is 32.1. The molecule has 4 rings (SSSR count). The molecule has 3 N–H and O–H groups in total. The van der Waals surface area contributed by atoms with E-state index in [-0.39, 0.29) is 19.0 Å². The molecule has 2 fully saturated rings. The van der Waals surface area contributed by atoms with Crippen molar-refractivity contribution in [2.45, 2.75) is 13.0 Å². The molecule has 1 atom stereocenters. The number of rotatable bonds is 5. The number of thiazole rings is 1. The van der Waals surface area contributed by atoms with Crippen molar-refractivity contribution >= 4 is 44.8 Å². The van der Waals surface area contributed by atoms with Crippen LogP contribution in [0, 0.1) is 5.82 Å². The number of nitrogens with zero attached hydrogens (tertiary/aromatic N) is 4. The number of nitrogens with one attached hydrogen (secondary N) is 1. The fourth-order valence-electron chi connectivity index (χ4n) is 3.58. The van der Waals surface area contributed by atoms with Gasteiger partial charge in [0.2, 0.25) is 5.91 Å². The largest absolute Gasteiger partial charge is 0.442 e. The smallest absolute Gasteiger partial charge is 0.414 e. The summed E-state index contributed by atoms with van der Waals surface area (Å²) < 4.78 is 20.1. The topological polar surface area (TPSA) is 104 Å². The Balaban J connectivity index is 1.39. The zero-order chi connectivity index (χ0) is 21.3. The Morgan fingerprint density at radius 2 is 2.07 bits per heavy atom. The van der Waals surface area contributed by atoms with Crippen molar-refractivity contribution in [1.29, 1.82) is 0 Å². The van der Waals surface area contributed by atoms with Gasteiger partial charge in [-0.05, 0) is 18.2 Å². The maximum Gasteiger partial charge on any atom is 0.414 e. The number of amides is 2. The fraction of sp³-hybridized carbons (Fsp3) is 0.421. The van der Waals surface area contributed by atoms with E-state index in [4.69, 9.17) is 10.5 Å². The molecule has 2 aromatic rings. The molecule has 0 saturated carbocycles. The summed E-state index contributed by atoms with van der Waals surface area (Å²) in [7, 11) is 0. The van der Waals surface area contributed by atoms with Gasteiger partial charge < -0.3 is 25.6 Å². The summed E-state index contributed by atoms with van der Waals surface area (Å²) in [4.78, 5) is 33.0. The molecule has 1 aromatic carbocycles. The normalized spacial score (nSPS) is 19.2. The van der Waals surface area contributed by atoms with Gasteiger partial charge >= 0.3 is 6.09 Å². The standard InChI is InChI=1S/C19H23FN6O3S/c1-12(27)22-9-14-11-26(19(28)29-14)13-2-3-16(15(20)8-13)24-4-6-25(7-5-24)18-23-10-17(21)30-18/h2-3,8,10,14H,4-7,9,11,21H2,1H3,(H,22,27). The SMILES string of the molecule is CC(=O)NCC1CN(c2ccc(N3CCN(c4ncc(N)s4)CC3)c(F)c2)C(=O)O1. The summed E-state index contributed by atoms with van der Waals surface area (Å²) in [6.45, 7) is 4.63. The highest BCUT2D eigenvalue weighted by Crippen LogP contribution is 2.30. The maximum atomic E-state index is 14.9. The molecular formula is C19H23FN6O3S. The molecule has 2 saturated heterocycles. The van der Waals surface area contributed by atoms with E-state index < -0.39 is 18.0 Å². The Hall–Kier alpha value is -3.08. The van der Waals surface area contributed by atoms with Crippen LogP contribution in [0.1, 0.15) is 6.92 Å². The van der Waals surface area contributed by atoms with Crippen molar-refractivity contribution in [2.24, 2.45) is 0 Å². The number of benzene rings is 1. The third kappa shape index (κ3) is 4.25. The van der Waals surface area contributed by atoms with Gasteiger partial charge in [-0.2, -0.15) is 0 Å². The zero-order valence-corrected chi connectivity index (χ0v) is 17.3. The van der Waals surface area contributed by atoms with E-state index in [9.17, 15) is 14.0 Å². The van der Waals surface area contributed by atoms with Crippen LogP contribution in [0.2, 0.25) is 0 Å². The van der Waals surface area contributed by atoms with Crippen molar-refractivity contribution in [1.82, 2.24) is 10.3 Å². The number of halogens is 1. The monoisotopic (exact) mass is 434 g/mol. The average molecular weight is 434 g/mol. The van der Waals surface area contributed by atoms with Gasteiger partial charge in [0.1, 0.15) is 16.9 Å². The lowest BCUT2D eigenvalue weighted by Crippen LogP contribution is -2.46. The number of cyclic esters (lactones) is 1. The van der Waals surface area contributed by atoms with E-state index in [1.54, 1.807) is 18.3 Å². The molecule has 11 heteroatoms. The molecule has 3 heterocycles. The zero-order valence-electron chi connectivity index (χ0n) is 16.5. The summed E-state index contributed by atoms with van der Waals surface area (Å²) in [5.41, 5.74) is 6.69. The molecule has 0 bridgehead atoms. The molecule has 2 amide bonds. The maximum absolute atomic E-state index is 14.9. The van der Waals surface area contributed by atoms with Crippen LogP contribution in [0.25, 0.3) is 0 Å². The number of hydrogen-bond acceptors (Lipinski definition) is 8. The van der Waals surface area contributed by atoms with E-state index >= 15 is 0 Å². The molecule has 2 aliphatic rings. The van der Waals surface area contributed by atoms with Crippen molar-refractivity contribution in [2.75, 3.05) is 59.7 Å². The molecule has 160 valence electrons. The van der Waals surface area contributed by atoms with E-state index in [0.717, 1.165) is 18.2 Å². The second kappa shape index (κ2) is 8.34. The summed E-state index contributed by atoms with van der Waals surface area (Å²) in [6.07, 6.45) is 0.639. The van der Waals surface area contributed by atoms with E-state index in [1.165, 1.54) is 29.2 Å². The highest BCUT2D eigenvalue weighted by molar-refractivity contribution is 7.19. The highest BCUT2D eigenvalue weighted by Gasteiger charge is 2.33. The third-order valence-corrected chi connectivity index (χ3v) is 5.99. The van der Waals surface area contributed by atoms with Crippen LogP contribution in [-0.2, 0) is 9.53 Å². The number of carbonyl (C=O) groups is 2. The molecule has 0 radical (unpaired) electrons. The van der Waals surface area contributed by atoms with Crippen LogP contribution in [0.15, 0.2) is 24.4 Å². The number of carbonyl (C=O) groups excluding carboxylic acids is 2. The first kappa shape index (κ1) is 20.2. The van der Waals surface area contributed by atoms with Crippen LogP contribution in [-0.4, -0.2) is 62.4 Å². The Morgan fingerprint density at radius 3 is 2.70 bits per heavy atom. The summed E-state index contributed by atoms with van der Waals surface area (Å²) in [5, 5.41) is 4.18. The van der Waals surface area contributed by atoms with Gasteiger partial charge in [-0.25, -0.2) is 14.2 Å². The molecule has 1 unspecified atom stereocenters. The van der Waals surface area contributed by atoms with Crippen molar-refractivity contribution in [3.05, 3.63) is 30.2 Å². The van der Waals surface area contributed by atoms with Crippen LogP contribution in [0.3, 0.4) is 0 Å². The predicted molar refractivity (Wildman–Crippen MR) is 114 cm³/mol. The first-order valence-corrected chi connectivity index (χ1v) is 10.5. The van der Waals surface area contributed by atoms with Crippen molar-refractivity contribution < 1.29 is 18.7 Å². The quantitative estimate of drug-likeness (QED) is 0.737. The van der Waals surface area contributed by atoms with Crippen LogP contribution in [0.4, 0.5) is 30.7 Å². The molecule has 2 aliphatic heterocycles. The second-order valence-corrected chi connectivity index (χ2v) is 8.25. The number of anilines is 4. The number of hydrogen-bond donors (Lipinski definition) is 2. The lowest BCUT2D eigenvalue weighted by Gasteiger charge is -2.36. The molecule has 30 heavy (non-hydrogen) atoms. The summed E-state index contributed by atoms with van der Waals surface area (Å²) in [5.74, 6) is -0.587. The minimum Gasteiger partial charge on any atom is -0.442 e. The van der Waals surface area contributed by atoms with Crippen LogP contribution >= 0.6 is 11.3 Å². The lowest BCUT2D eigenvalue weighted by molar-refractivity contribution is -0.119. The first-order chi connectivity index (χ1) is 14.4. The number of nitrogens with two attached hydrogens (primary N) is 1. The number of ether oxygens (including phenoxy) is 1. The van der Waals surface area contributed by atoms with Gasteiger partial charge in [-0.1, -0.05) is 11.3 Å². The predicted octanol–water partition coefficient (Wildman–Crippen LogP) is 1.65. The average Bonchev–Trinajstić information content (AvgIpc) is 3.32. The van der Waals surface area contributed by atoms with Gasteiger partial charge in [0, 0.05) is 33.1 Å². The summed E-state index contributed by atoms with van der Waals surface area (Å²) >= 11 is 1.44. The molecular weight excluding hydrogens is 411 g/mol. The van der Waals surface area contributed by atoms with Gasteiger partial charge in [-0.3, -0.25) is 9.69 Å². The third-order valence-electron chi connectivity index (χ3n) is 5.10. The molecule has 0 spiro atoms. The van der Waals surface area contributed by atoms with Gasteiger partial charge in [0.25, 0.3) is 0 Å². The summed E-state index contributed by atoms with van der Waals surface area (Å²) in [6, 6.07) is 4.76.